The zero-order chi connectivity index (χ0) is 14.0. The molecular formula is C11H12N4O2S2. The first-order valence-electron chi connectivity index (χ1n) is 5.39. The van der Waals surface area contributed by atoms with Crippen LogP contribution in [-0.4, -0.2) is 51.3 Å². The number of carbonyl (C=O) groups excluding carboxylic acids is 2. The van der Waals surface area contributed by atoms with Gasteiger partial charge in [-0.05, 0) is 11.8 Å². The van der Waals surface area contributed by atoms with E-state index in [-0.39, 0.29) is 11.8 Å². The van der Waals surface area contributed by atoms with Gasteiger partial charge >= 0.3 is 0 Å². The van der Waals surface area contributed by atoms with Gasteiger partial charge in [0.1, 0.15) is 0 Å². The van der Waals surface area contributed by atoms with Gasteiger partial charge in [-0.15, -0.1) is 16.8 Å². The SMILES string of the molecule is C=CCN1C(=O)C(=C)S/C1=N/N=C1/SCC(=O)N1C. The Balaban J connectivity index is 2.20. The molecule has 0 aromatic heterocycles. The van der Waals surface area contributed by atoms with Crippen LogP contribution < -0.4 is 0 Å². The second-order valence-electron chi connectivity index (χ2n) is 3.74. The molecule has 2 heterocycles. The Hall–Kier alpha value is -1.54. The van der Waals surface area contributed by atoms with Gasteiger partial charge in [-0.3, -0.25) is 19.4 Å². The molecule has 0 radical (unpaired) electrons. The Labute approximate surface area is 119 Å². The first-order valence-corrected chi connectivity index (χ1v) is 7.19. The molecule has 0 atom stereocenters. The fraction of sp³-hybridized carbons (Fsp3) is 0.273. The highest BCUT2D eigenvalue weighted by Crippen LogP contribution is 2.29. The number of hydrogen-bond donors (Lipinski definition) is 0. The number of amides is 2. The molecule has 2 saturated heterocycles. The van der Waals surface area contributed by atoms with Crippen LogP contribution >= 0.6 is 23.5 Å². The maximum atomic E-state index is 11.8. The first kappa shape index (κ1) is 13.9. The molecule has 0 aromatic rings. The summed E-state index contributed by atoms with van der Waals surface area (Å²) in [7, 11) is 1.65. The van der Waals surface area contributed by atoms with E-state index in [1.807, 2.05) is 0 Å². The molecule has 2 aliphatic heterocycles. The second kappa shape index (κ2) is 5.62. The minimum Gasteiger partial charge on any atom is -0.292 e. The van der Waals surface area contributed by atoms with E-state index < -0.39 is 0 Å². The molecule has 2 rings (SSSR count). The highest BCUT2D eigenvalue weighted by Gasteiger charge is 2.31. The van der Waals surface area contributed by atoms with E-state index >= 15 is 0 Å². The summed E-state index contributed by atoms with van der Waals surface area (Å²) in [5, 5.41) is 9.04. The van der Waals surface area contributed by atoms with Crippen molar-refractivity contribution >= 4 is 45.7 Å². The molecule has 100 valence electrons. The van der Waals surface area contributed by atoms with Gasteiger partial charge in [0.25, 0.3) is 5.91 Å². The fourth-order valence-corrected chi connectivity index (χ4v) is 3.03. The van der Waals surface area contributed by atoms with Crippen LogP contribution in [0.4, 0.5) is 0 Å². The maximum Gasteiger partial charge on any atom is 0.266 e. The van der Waals surface area contributed by atoms with E-state index in [4.69, 9.17) is 0 Å². The zero-order valence-corrected chi connectivity index (χ0v) is 12.0. The van der Waals surface area contributed by atoms with Crippen LogP contribution in [0.15, 0.2) is 34.3 Å². The van der Waals surface area contributed by atoms with Crippen molar-refractivity contribution in [2.24, 2.45) is 10.2 Å². The number of rotatable bonds is 3. The number of thioether (sulfide) groups is 2. The molecule has 0 spiro atoms. The Morgan fingerprint density at radius 3 is 2.63 bits per heavy atom. The van der Waals surface area contributed by atoms with E-state index in [0.29, 0.717) is 27.5 Å². The number of nitrogens with zero attached hydrogens (tertiary/aromatic N) is 4. The summed E-state index contributed by atoms with van der Waals surface area (Å²) in [5.41, 5.74) is 0. The molecule has 0 aliphatic carbocycles. The number of carbonyl (C=O) groups is 2. The van der Waals surface area contributed by atoms with E-state index in [1.165, 1.54) is 33.3 Å². The van der Waals surface area contributed by atoms with E-state index in [9.17, 15) is 9.59 Å². The van der Waals surface area contributed by atoms with Crippen LogP contribution in [0.3, 0.4) is 0 Å². The Morgan fingerprint density at radius 1 is 1.37 bits per heavy atom. The molecule has 0 N–H and O–H groups in total. The second-order valence-corrected chi connectivity index (χ2v) is 5.74. The van der Waals surface area contributed by atoms with Crippen LogP contribution in [0.25, 0.3) is 0 Å². The van der Waals surface area contributed by atoms with Crippen LogP contribution in [0.1, 0.15) is 0 Å². The van der Waals surface area contributed by atoms with Crippen LogP contribution in [0, 0.1) is 0 Å². The predicted octanol–water partition coefficient (Wildman–Crippen LogP) is 1.09. The van der Waals surface area contributed by atoms with Gasteiger partial charge < -0.3 is 0 Å². The maximum absolute atomic E-state index is 11.8. The van der Waals surface area contributed by atoms with Gasteiger partial charge in [0.2, 0.25) is 5.91 Å². The lowest BCUT2D eigenvalue weighted by molar-refractivity contribution is -0.123. The van der Waals surface area contributed by atoms with Gasteiger partial charge in [0, 0.05) is 13.6 Å². The van der Waals surface area contributed by atoms with Crippen molar-refractivity contribution in [3.8, 4) is 0 Å². The zero-order valence-electron chi connectivity index (χ0n) is 10.3. The standard InChI is InChI=1S/C11H12N4O2S2/c1-4-5-15-9(17)7(2)19-11(15)13-12-10-14(3)8(16)6-18-10/h4H,1-2,5-6H2,3H3/b12-10+,13-11+. The molecule has 2 aliphatic rings. The van der Waals surface area contributed by atoms with Gasteiger partial charge in [-0.25, -0.2) is 0 Å². The largest absolute Gasteiger partial charge is 0.292 e. The average Bonchev–Trinajstić information content (AvgIpc) is 2.84. The monoisotopic (exact) mass is 296 g/mol. The highest BCUT2D eigenvalue weighted by molar-refractivity contribution is 8.18. The Bertz CT molecular complexity index is 527. The van der Waals surface area contributed by atoms with Crippen molar-refractivity contribution in [2.75, 3.05) is 19.3 Å². The smallest absolute Gasteiger partial charge is 0.266 e. The molecule has 0 bridgehead atoms. The van der Waals surface area contributed by atoms with Crippen molar-refractivity contribution in [2.45, 2.75) is 0 Å². The Kier molecular flexibility index (Phi) is 4.11. The molecule has 6 nitrogen and oxygen atoms in total. The molecule has 19 heavy (non-hydrogen) atoms. The molecule has 0 aromatic carbocycles. The normalized spacial score (nSPS) is 24.2. The molecular weight excluding hydrogens is 284 g/mol. The summed E-state index contributed by atoms with van der Waals surface area (Å²) in [6.07, 6.45) is 1.61. The summed E-state index contributed by atoms with van der Waals surface area (Å²) in [6.45, 7) is 7.62. The predicted molar refractivity (Wildman–Crippen MR) is 78.7 cm³/mol. The number of hydrogen-bond acceptors (Lipinski definition) is 6. The van der Waals surface area contributed by atoms with Gasteiger partial charge in [0.05, 0.1) is 10.7 Å². The lowest BCUT2D eigenvalue weighted by Crippen LogP contribution is -2.29. The first-order chi connectivity index (χ1) is 9.04. The third-order valence-electron chi connectivity index (χ3n) is 2.45. The van der Waals surface area contributed by atoms with Gasteiger partial charge in [-0.2, -0.15) is 0 Å². The highest BCUT2D eigenvalue weighted by atomic mass is 32.2. The minimum atomic E-state index is -0.188. The topological polar surface area (TPSA) is 65.3 Å². The molecule has 2 amide bonds. The molecule has 0 unspecified atom stereocenters. The summed E-state index contributed by atoms with van der Waals surface area (Å²) < 4.78 is 0. The quantitative estimate of drug-likeness (QED) is 0.444. The van der Waals surface area contributed by atoms with Crippen molar-refractivity contribution in [1.82, 2.24) is 9.80 Å². The van der Waals surface area contributed by atoms with Gasteiger partial charge in [-0.1, -0.05) is 24.4 Å². The van der Waals surface area contributed by atoms with Crippen molar-refractivity contribution in [3.63, 3.8) is 0 Å². The third kappa shape index (κ3) is 2.74. The van der Waals surface area contributed by atoms with Crippen LogP contribution in [0.5, 0.6) is 0 Å². The molecule has 0 saturated carbocycles. The summed E-state index contributed by atoms with van der Waals surface area (Å²) in [5.74, 6) is 0.175. The summed E-state index contributed by atoms with van der Waals surface area (Å²) in [4.78, 5) is 26.4. The van der Waals surface area contributed by atoms with Crippen molar-refractivity contribution in [1.29, 1.82) is 0 Å². The molecule has 8 heteroatoms. The summed E-state index contributed by atoms with van der Waals surface area (Å²) >= 11 is 2.49. The van der Waals surface area contributed by atoms with Gasteiger partial charge in [0.15, 0.2) is 10.3 Å². The van der Waals surface area contributed by atoms with E-state index in [0.717, 1.165) is 0 Å². The van der Waals surface area contributed by atoms with E-state index in [1.54, 1.807) is 13.1 Å². The average molecular weight is 296 g/mol. The number of amidine groups is 2. The lowest BCUT2D eigenvalue weighted by atomic mass is 10.5. The van der Waals surface area contributed by atoms with Crippen LogP contribution in [-0.2, 0) is 9.59 Å². The fourth-order valence-electron chi connectivity index (χ4n) is 1.42. The Morgan fingerprint density at radius 2 is 2.05 bits per heavy atom. The van der Waals surface area contributed by atoms with Crippen LogP contribution in [0.2, 0.25) is 0 Å². The third-order valence-corrected chi connectivity index (χ3v) is 4.36. The van der Waals surface area contributed by atoms with Crippen molar-refractivity contribution in [3.05, 3.63) is 24.1 Å². The minimum absolute atomic E-state index is 0.00791. The summed E-state index contributed by atoms with van der Waals surface area (Å²) in [6, 6.07) is 0. The lowest BCUT2D eigenvalue weighted by Gasteiger charge is -2.11. The van der Waals surface area contributed by atoms with E-state index in [2.05, 4.69) is 23.4 Å². The molecule has 2 fully saturated rings. The van der Waals surface area contributed by atoms with Crippen molar-refractivity contribution < 1.29 is 9.59 Å².